The summed E-state index contributed by atoms with van der Waals surface area (Å²) in [4.78, 5) is 7.89. The van der Waals surface area contributed by atoms with Crippen molar-refractivity contribution in [2.45, 2.75) is 6.42 Å². The van der Waals surface area contributed by atoms with Gasteiger partial charge in [0.2, 0.25) is 0 Å². The Morgan fingerprint density at radius 3 is 2.50 bits per heavy atom. The number of hydrogen-bond donors (Lipinski definition) is 0. The summed E-state index contributed by atoms with van der Waals surface area (Å²) < 4.78 is 19.0. The van der Waals surface area contributed by atoms with Crippen LogP contribution in [0.15, 0.2) is 90.1 Å². The van der Waals surface area contributed by atoms with Gasteiger partial charge in [0.25, 0.3) is 0 Å². The van der Waals surface area contributed by atoms with Gasteiger partial charge in [-0.1, -0.05) is 84.0 Å². The van der Waals surface area contributed by atoms with Crippen molar-refractivity contribution >= 4 is 5.71 Å². The van der Waals surface area contributed by atoms with Crippen molar-refractivity contribution < 1.29 is 14.0 Å². The number of nitrogens with zero attached hydrogens (tertiary/aromatic N) is 2. The number of rotatable bonds is 9. The fraction of sp³-hybridized carbons (Fsp3) is 0.222. The molecule has 1 heterocycles. The van der Waals surface area contributed by atoms with E-state index in [2.05, 4.69) is 64.7 Å². The van der Waals surface area contributed by atoms with Gasteiger partial charge in [0.1, 0.15) is 12.3 Å². The zero-order chi connectivity index (χ0) is 22.0. The van der Waals surface area contributed by atoms with Crippen LogP contribution >= 0.6 is 0 Å². The van der Waals surface area contributed by atoms with E-state index in [0.717, 1.165) is 36.3 Å². The van der Waals surface area contributed by atoms with Crippen LogP contribution in [0, 0.1) is 11.9 Å². The van der Waals surface area contributed by atoms with Crippen molar-refractivity contribution in [1.29, 1.82) is 0 Å². The summed E-state index contributed by atoms with van der Waals surface area (Å²) in [5.74, 6) is -0.342. The third-order valence-electron chi connectivity index (χ3n) is 5.22. The van der Waals surface area contributed by atoms with Gasteiger partial charge in [-0.3, -0.25) is 4.90 Å². The number of halogens is 1. The maximum atomic E-state index is 13.6. The first-order chi connectivity index (χ1) is 15.8. The van der Waals surface area contributed by atoms with E-state index in [1.807, 2.05) is 18.2 Å². The molecule has 0 bridgehead atoms. The Morgan fingerprint density at radius 1 is 0.938 bits per heavy atom. The molecule has 0 atom stereocenters. The predicted octanol–water partition coefficient (Wildman–Crippen LogP) is 5.35. The van der Waals surface area contributed by atoms with Crippen LogP contribution < -0.4 is 4.74 Å². The minimum absolute atomic E-state index is 0.164. The van der Waals surface area contributed by atoms with Gasteiger partial charge in [-0.05, 0) is 23.6 Å². The summed E-state index contributed by atoms with van der Waals surface area (Å²) in [6.07, 6.45) is 5.42. The van der Waals surface area contributed by atoms with E-state index in [-0.39, 0.29) is 19.0 Å². The minimum Gasteiger partial charge on any atom is -0.487 e. The van der Waals surface area contributed by atoms with Crippen LogP contribution in [0.5, 0.6) is 5.75 Å². The Kier molecular flexibility index (Phi) is 7.66. The summed E-state index contributed by atoms with van der Waals surface area (Å²) in [5, 5.41) is 4.41. The molecule has 0 N–H and O–H groups in total. The Balaban J connectivity index is 1.42. The van der Waals surface area contributed by atoms with Crippen LogP contribution in [-0.2, 0) is 4.84 Å². The van der Waals surface area contributed by atoms with Crippen LogP contribution in [0.25, 0.3) is 11.1 Å². The molecule has 32 heavy (non-hydrogen) atoms. The fourth-order valence-corrected chi connectivity index (χ4v) is 3.53. The smallest absolute Gasteiger partial charge is 0.172 e. The van der Waals surface area contributed by atoms with Gasteiger partial charge in [-0.25, -0.2) is 4.39 Å². The van der Waals surface area contributed by atoms with Crippen LogP contribution in [0.3, 0.4) is 0 Å². The largest absolute Gasteiger partial charge is 0.487 e. The van der Waals surface area contributed by atoms with Crippen LogP contribution in [-0.4, -0.2) is 43.5 Å². The molecule has 1 radical (unpaired) electrons. The summed E-state index contributed by atoms with van der Waals surface area (Å²) >= 11 is 0. The second kappa shape index (κ2) is 11.3. The molecule has 0 saturated carbocycles. The number of ether oxygens (including phenoxy) is 1. The van der Waals surface area contributed by atoms with Gasteiger partial charge in [0.15, 0.2) is 18.2 Å². The number of benzene rings is 3. The van der Waals surface area contributed by atoms with Gasteiger partial charge in [0, 0.05) is 31.3 Å². The molecule has 0 saturated heterocycles. The molecular weight excluding hydrogens is 403 g/mol. The van der Waals surface area contributed by atoms with Gasteiger partial charge in [-0.2, -0.15) is 0 Å². The molecule has 1 aliphatic heterocycles. The van der Waals surface area contributed by atoms with Gasteiger partial charge >= 0.3 is 0 Å². The first kappa shape index (κ1) is 21.8. The molecule has 0 fully saturated rings. The lowest BCUT2D eigenvalue weighted by atomic mass is 10.0. The molecule has 1 aliphatic rings. The van der Waals surface area contributed by atoms with Crippen molar-refractivity contribution in [3.8, 4) is 16.9 Å². The second-order valence-electron chi connectivity index (χ2n) is 7.51. The minimum atomic E-state index is -0.506. The normalized spacial score (nSPS) is 14.3. The molecule has 0 amide bonds. The van der Waals surface area contributed by atoms with Crippen LogP contribution in [0.2, 0.25) is 0 Å². The summed E-state index contributed by atoms with van der Waals surface area (Å²) in [7, 11) is 0. The molecule has 163 valence electrons. The zero-order valence-electron chi connectivity index (χ0n) is 17.9. The first-order valence-corrected chi connectivity index (χ1v) is 10.8. The SMILES string of the molecule is Fc1[c]cccc1OCCON=C(CN1CC=CCC1)c1ccc(-c2ccccc2)cc1. The Bertz CT molecular complexity index is 1050. The standard InChI is InChI=1S/C27H26FN2O2/c28-25-11-5-6-12-27(25)31-19-20-32-29-26(21-30-17-7-2-8-18-30)24-15-13-23(14-16-24)22-9-3-1-4-10-22/h1-7,9-10,12-16H,8,17-21H2. The van der Waals surface area contributed by atoms with E-state index in [1.54, 1.807) is 12.1 Å². The van der Waals surface area contributed by atoms with Crippen molar-refractivity contribution in [2.24, 2.45) is 5.16 Å². The van der Waals surface area contributed by atoms with Crippen LogP contribution in [0.4, 0.5) is 4.39 Å². The lowest BCUT2D eigenvalue weighted by Gasteiger charge is -2.23. The van der Waals surface area contributed by atoms with Crippen LogP contribution in [0.1, 0.15) is 12.0 Å². The van der Waals surface area contributed by atoms with Crippen molar-refractivity contribution in [2.75, 3.05) is 32.8 Å². The van der Waals surface area contributed by atoms with E-state index >= 15 is 0 Å². The van der Waals surface area contributed by atoms with E-state index < -0.39 is 5.82 Å². The quantitative estimate of drug-likeness (QED) is 0.199. The van der Waals surface area contributed by atoms with Crippen molar-refractivity contribution in [1.82, 2.24) is 4.90 Å². The highest BCUT2D eigenvalue weighted by atomic mass is 19.1. The average Bonchev–Trinajstić information content (AvgIpc) is 2.85. The topological polar surface area (TPSA) is 34.1 Å². The Hall–Kier alpha value is -3.44. The van der Waals surface area contributed by atoms with Crippen molar-refractivity contribution in [3.63, 3.8) is 0 Å². The molecular formula is C27H26FN2O2. The number of hydrogen-bond acceptors (Lipinski definition) is 4. The Labute approximate surface area is 188 Å². The van der Waals surface area contributed by atoms with E-state index in [1.165, 1.54) is 11.6 Å². The molecule has 0 unspecified atom stereocenters. The lowest BCUT2D eigenvalue weighted by Crippen LogP contribution is -2.33. The Morgan fingerprint density at radius 2 is 1.75 bits per heavy atom. The van der Waals surface area contributed by atoms with Gasteiger partial charge in [-0.15, -0.1) is 0 Å². The highest BCUT2D eigenvalue weighted by molar-refractivity contribution is 6.02. The third-order valence-corrected chi connectivity index (χ3v) is 5.22. The summed E-state index contributed by atoms with van der Waals surface area (Å²) in [5.41, 5.74) is 4.21. The zero-order valence-corrected chi connectivity index (χ0v) is 17.9. The van der Waals surface area contributed by atoms with E-state index in [4.69, 9.17) is 9.57 Å². The fourth-order valence-electron chi connectivity index (χ4n) is 3.53. The average molecular weight is 430 g/mol. The van der Waals surface area contributed by atoms with E-state index in [9.17, 15) is 4.39 Å². The second-order valence-corrected chi connectivity index (χ2v) is 7.51. The first-order valence-electron chi connectivity index (χ1n) is 10.8. The maximum Gasteiger partial charge on any atom is 0.172 e. The molecule has 0 spiro atoms. The molecule has 3 aromatic rings. The predicted molar refractivity (Wildman–Crippen MR) is 125 cm³/mol. The highest BCUT2D eigenvalue weighted by Crippen LogP contribution is 2.20. The molecule has 0 aromatic heterocycles. The number of oxime groups is 1. The van der Waals surface area contributed by atoms with Gasteiger partial charge < -0.3 is 9.57 Å². The van der Waals surface area contributed by atoms with Gasteiger partial charge in [0.05, 0.1) is 0 Å². The molecule has 3 aromatic carbocycles. The molecule has 0 aliphatic carbocycles. The lowest BCUT2D eigenvalue weighted by molar-refractivity contribution is 0.104. The highest BCUT2D eigenvalue weighted by Gasteiger charge is 2.13. The molecule has 5 heteroatoms. The molecule has 4 nitrogen and oxygen atoms in total. The summed E-state index contributed by atoms with van der Waals surface area (Å²) in [6, 6.07) is 25.9. The third kappa shape index (κ3) is 6.05. The monoisotopic (exact) mass is 429 g/mol. The van der Waals surface area contributed by atoms with E-state index in [0.29, 0.717) is 6.54 Å². The summed E-state index contributed by atoms with van der Waals surface area (Å²) in [6.45, 7) is 3.00. The molecule has 4 rings (SSSR count). The van der Waals surface area contributed by atoms with Crippen molar-refractivity contribution in [3.05, 3.63) is 102 Å². The maximum absolute atomic E-state index is 13.6.